The third-order valence-corrected chi connectivity index (χ3v) is 5.68. The predicted octanol–water partition coefficient (Wildman–Crippen LogP) is 5.01. The van der Waals surface area contributed by atoms with Gasteiger partial charge in [0.15, 0.2) is 0 Å². The molecule has 0 aromatic heterocycles. The summed E-state index contributed by atoms with van der Waals surface area (Å²) in [5, 5.41) is 4.36. The van der Waals surface area contributed by atoms with Crippen molar-refractivity contribution < 1.29 is 4.39 Å². The van der Waals surface area contributed by atoms with Gasteiger partial charge in [0.25, 0.3) is 0 Å². The molecule has 1 aliphatic carbocycles. The zero-order valence-corrected chi connectivity index (χ0v) is 13.7. The van der Waals surface area contributed by atoms with Gasteiger partial charge in [-0.05, 0) is 47.3 Å². The molecule has 2 heterocycles. The van der Waals surface area contributed by atoms with Crippen LogP contribution < -0.4 is 10.2 Å². The molecule has 2 aliphatic heterocycles. The molecule has 0 bridgehead atoms. The Morgan fingerprint density at radius 1 is 1.33 bits per heavy atom. The number of nitrogens with zero attached hydrogens (tertiary/aromatic N) is 1. The van der Waals surface area contributed by atoms with Crippen LogP contribution in [0.2, 0.25) is 0 Å². The quantitative estimate of drug-likeness (QED) is 0.749. The summed E-state index contributed by atoms with van der Waals surface area (Å²) in [4.78, 5) is 2.39. The first-order valence-electron chi connectivity index (χ1n) is 7.21. The Balaban J connectivity index is 1.71. The van der Waals surface area contributed by atoms with Gasteiger partial charge in [-0.3, -0.25) is 0 Å². The highest BCUT2D eigenvalue weighted by atomic mass is 79.9. The van der Waals surface area contributed by atoms with Crippen molar-refractivity contribution in [3.63, 3.8) is 0 Å². The normalized spacial score (nSPS) is 30.0. The summed E-state index contributed by atoms with van der Waals surface area (Å²) >= 11 is 9.73. The van der Waals surface area contributed by atoms with E-state index in [1.54, 1.807) is 6.07 Å². The molecule has 1 fully saturated rings. The lowest BCUT2D eigenvalue weighted by Crippen LogP contribution is -2.40. The molecule has 1 aromatic carbocycles. The third kappa shape index (κ3) is 2.11. The van der Waals surface area contributed by atoms with E-state index < -0.39 is 0 Å². The van der Waals surface area contributed by atoms with E-state index >= 15 is 0 Å². The summed E-state index contributed by atoms with van der Waals surface area (Å²) in [6, 6.07) is 3.83. The highest BCUT2D eigenvalue weighted by molar-refractivity contribution is 9.10. The van der Waals surface area contributed by atoms with Crippen LogP contribution >= 0.6 is 27.5 Å². The lowest BCUT2D eigenvalue weighted by molar-refractivity contribution is 0.491. The van der Waals surface area contributed by atoms with Crippen LogP contribution in [0.3, 0.4) is 0 Å². The second-order valence-corrected chi connectivity index (χ2v) is 7.11. The van der Waals surface area contributed by atoms with Crippen LogP contribution in [0.15, 0.2) is 39.9 Å². The van der Waals surface area contributed by atoms with Gasteiger partial charge in [0.1, 0.15) is 5.82 Å². The molecule has 0 spiro atoms. The molecule has 4 rings (SSSR count). The monoisotopic (exact) mass is 368 g/mol. The molecule has 1 aromatic rings. The van der Waals surface area contributed by atoms with Crippen LogP contribution in [0.1, 0.15) is 19.3 Å². The van der Waals surface area contributed by atoms with Gasteiger partial charge in [0.2, 0.25) is 0 Å². The summed E-state index contributed by atoms with van der Waals surface area (Å²) in [5.74, 6) is 0.107. The topological polar surface area (TPSA) is 15.3 Å². The number of halogens is 3. The maximum absolute atomic E-state index is 13.7. The van der Waals surface area contributed by atoms with Gasteiger partial charge in [0.05, 0.1) is 22.0 Å². The van der Waals surface area contributed by atoms with Gasteiger partial charge in [-0.15, -0.1) is 0 Å². The first-order chi connectivity index (χ1) is 10.1. The highest BCUT2D eigenvalue weighted by Gasteiger charge is 2.43. The number of rotatable bonds is 1. The van der Waals surface area contributed by atoms with Crippen molar-refractivity contribution in [2.45, 2.75) is 31.5 Å². The van der Waals surface area contributed by atoms with Gasteiger partial charge in [0, 0.05) is 23.1 Å². The molecule has 1 saturated heterocycles. The number of hydrogen-bond acceptors (Lipinski definition) is 2. The number of fused-ring (bicyclic) bond motifs is 3. The van der Waals surface area contributed by atoms with E-state index in [4.69, 9.17) is 11.6 Å². The van der Waals surface area contributed by atoms with Gasteiger partial charge < -0.3 is 10.2 Å². The average Bonchev–Trinajstić information content (AvgIpc) is 3.00. The molecule has 3 unspecified atom stereocenters. The predicted molar refractivity (Wildman–Crippen MR) is 88.2 cm³/mol. The first-order valence-corrected chi connectivity index (χ1v) is 8.38. The smallest absolute Gasteiger partial charge is 0.139 e. The van der Waals surface area contributed by atoms with E-state index in [1.165, 1.54) is 0 Å². The molecule has 3 aliphatic rings. The SMILES string of the molecule is Fc1cc2c(cc1Br)N1C(CCC1C1CC=CC=C1Cl)N2. The summed E-state index contributed by atoms with van der Waals surface area (Å²) in [5.41, 5.74) is 1.96. The standard InChI is InChI=1S/C16H15BrClFN2/c17-10-7-15-13(8-12(10)19)20-16-6-5-14(21(15)16)9-3-1-2-4-11(9)18/h1-2,4,7-9,14,16,20H,3,5-6H2. The molecule has 2 nitrogen and oxygen atoms in total. The molecule has 21 heavy (non-hydrogen) atoms. The second-order valence-electron chi connectivity index (χ2n) is 5.82. The fraction of sp³-hybridized carbons (Fsp3) is 0.375. The zero-order chi connectivity index (χ0) is 14.6. The molecule has 110 valence electrons. The molecule has 0 amide bonds. The Hall–Kier alpha value is -1.00. The Morgan fingerprint density at radius 2 is 2.19 bits per heavy atom. The van der Waals surface area contributed by atoms with E-state index in [-0.39, 0.29) is 12.0 Å². The molecule has 0 radical (unpaired) electrons. The van der Waals surface area contributed by atoms with Crippen LogP contribution in [0.25, 0.3) is 0 Å². The van der Waals surface area contributed by atoms with Crippen molar-refractivity contribution in [1.29, 1.82) is 0 Å². The molecular weight excluding hydrogens is 355 g/mol. The maximum Gasteiger partial charge on any atom is 0.139 e. The minimum atomic E-state index is -0.225. The zero-order valence-electron chi connectivity index (χ0n) is 11.3. The van der Waals surface area contributed by atoms with E-state index in [0.717, 1.165) is 35.7 Å². The lowest BCUT2D eigenvalue weighted by atomic mass is 9.90. The number of allylic oxidation sites excluding steroid dienone is 3. The summed E-state index contributed by atoms with van der Waals surface area (Å²) in [7, 11) is 0. The van der Waals surface area contributed by atoms with Crippen molar-refractivity contribution >= 4 is 38.9 Å². The van der Waals surface area contributed by atoms with Crippen LogP contribution in [-0.4, -0.2) is 12.2 Å². The Kier molecular flexibility index (Phi) is 3.27. The van der Waals surface area contributed by atoms with Gasteiger partial charge in [-0.2, -0.15) is 0 Å². The minimum Gasteiger partial charge on any atom is -0.363 e. The van der Waals surface area contributed by atoms with Crippen molar-refractivity contribution in [2.75, 3.05) is 10.2 Å². The van der Waals surface area contributed by atoms with Crippen molar-refractivity contribution in [3.8, 4) is 0 Å². The number of benzene rings is 1. The molecule has 3 atom stereocenters. The summed E-state index contributed by atoms with van der Waals surface area (Å²) in [6.07, 6.45) is 9.59. The van der Waals surface area contributed by atoms with Crippen LogP contribution in [0.5, 0.6) is 0 Å². The van der Waals surface area contributed by atoms with Crippen LogP contribution in [0.4, 0.5) is 15.8 Å². The number of anilines is 2. The Labute approximate surface area is 136 Å². The first kappa shape index (κ1) is 13.6. The van der Waals surface area contributed by atoms with Gasteiger partial charge >= 0.3 is 0 Å². The van der Waals surface area contributed by atoms with E-state index in [1.807, 2.05) is 18.2 Å². The molecular formula is C16H15BrClFN2. The third-order valence-electron chi connectivity index (χ3n) is 4.67. The van der Waals surface area contributed by atoms with Crippen molar-refractivity contribution in [3.05, 3.63) is 45.7 Å². The Morgan fingerprint density at radius 3 is 3.00 bits per heavy atom. The van der Waals surface area contributed by atoms with Crippen molar-refractivity contribution in [2.24, 2.45) is 5.92 Å². The number of hydrogen-bond donors (Lipinski definition) is 1. The second kappa shape index (κ2) is 5.03. The van der Waals surface area contributed by atoms with Crippen LogP contribution in [-0.2, 0) is 0 Å². The average molecular weight is 370 g/mol. The summed E-state index contributed by atoms with van der Waals surface area (Å²) in [6.45, 7) is 0. The van der Waals surface area contributed by atoms with Gasteiger partial charge in [-0.25, -0.2) is 4.39 Å². The summed E-state index contributed by atoms with van der Waals surface area (Å²) < 4.78 is 14.2. The van der Waals surface area contributed by atoms with E-state index in [2.05, 4.69) is 32.2 Å². The fourth-order valence-corrected chi connectivity index (χ4v) is 4.37. The maximum atomic E-state index is 13.7. The largest absolute Gasteiger partial charge is 0.363 e. The Bertz CT molecular complexity index is 658. The minimum absolute atomic E-state index is 0.225. The molecule has 1 N–H and O–H groups in total. The molecule has 5 heteroatoms. The number of nitrogens with one attached hydrogen (secondary N) is 1. The van der Waals surface area contributed by atoms with Gasteiger partial charge in [-0.1, -0.05) is 23.8 Å². The van der Waals surface area contributed by atoms with E-state index in [9.17, 15) is 4.39 Å². The van der Waals surface area contributed by atoms with Crippen molar-refractivity contribution in [1.82, 2.24) is 0 Å². The fourth-order valence-electron chi connectivity index (χ4n) is 3.73. The van der Waals surface area contributed by atoms with E-state index in [0.29, 0.717) is 16.4 Å². The van der Waals surface area contributed by atoms with Crippen LogP contribution in [0, 0.1) is 11.7 Å². The highest BCUT2D eigenvalue weighted by Crippen LogP contribution is 2.47. The lowest BCUT2D eigenvalue weighted by Gasteiger charge is -2.33. The molecule has 0 saturated carbocycles.